The molecule has 1 atom stereocenters. The first-order valence-electron chi connectivity index (χ1n) is 10.4. The van der Waals surface area contributed by atoms with Crippen molar-refractivity contribution in [1.29, 1.82) is 0 Å². The first kappa shape index (κ1) is 19.7. The van der Waals surface area contributed by atoms with Crippen LogP contribution in [0.15, 0.2) is 36.4 Å². The van der Waals surface area contributed by atoms with E-state index in [-0.39, 0.29) is 12.5 Å². The number of rotatable bonds is 7. The quantitative estimate of drug-likeness (QED) is 0.570. The molecule has 1 saturated carbocycles. The highest BCUT2D eigenvalue weighted by atomic mass is 16.3. The van der Waals surface area contributed by atoms with Crippen molar-refractivity contribution in [1.82, 2.24) is 15.2 Å². The molecule has 2 heterocycles. The third-order valence-corrected chi connectivity index (χ3v) is 5.74. The zero-order chi connectivity index (χ0) is 20.2. The van der Waals surface area contributed by atoms with E-state index < -0.39 is 6.10 Å². The summed E-state index contributed by atoms with van der Waals surface area (Å²) in [4.78, 5) is 19.0. The van der Waals surface area contributed by atoms with Crippen molar-refractivity contribution in [3.63, 3.8) is 0 Å². The number of amides is 1. The van der Waals surface area contributed by atoms with Crippen LogP contribution < -0.4 is 16.4 Å². The van der Waals surface area contributed by atoms with Crippen LogP contribution in [0.4, 0.5) is 11.6 Å². The lowest BCUT2D eigenvalue weighted by Gasteiger charge is -2.30. The number of nitrogens with two attached hydrogens (primary N) is 1. The van der Waals surface area contributed by atoms with E-state index in [9.17, 15) is 9.90 Å². The van der Waals surface area contributed by atoms with E-state index in [2.05, 4.69) is 38.7 Å². The van der Waals surface area contributed by atoms with E-state index in [0.29, 0.717) is 29.8 Å². The third kappa shape index (κ3) is 5.05. The molecule has 5 N–H and O–H groups in total. The number of aliphatic hydroxyl groups excluding tert-OH is 1. The van der Waals surface area contributed by atoms with Gasteiger partial charge in [-0.3, -0.25) is 9.69 Å². The van der Waals surface area contributed by atoms with Crippen LogP contribution in [0, 0.1) is 0 Å². The Morgan fingerprint density at radius 1 is 1.28 bits per heavy atom. The summed E-state index contributed by atoms with van der Waals surface area (Å²) in [6, 6.07) is 12.1. The van der Waals surface area contributed by atoms with Gasteiger partial charge in [-0.1, -0.05) is 24.3 Å². The highest BCUT2D eigenvalue weighted by Gasteiger charge is 2.20. The Kier molecular flexibility index (Phi) is 5.97. The molecule has 0 bridgehead atoms. The summed E-state index contributed by atoms with van der Waals surface area (Å²) in [6.45, 7) is 2.48. The van der Waals surface area contributed by atoms with Gasteiger partial charge in [0.2, 0.25) is 0 Å². The van der Waals surface area contributed by atoms with E-state index >= 15 is 0 Å². The average Bonchev–Trinajstić information content (AvgIpc) is 2.68. The minimum atomic E-state index is -0.629. The van der Waals surface area contributed by atoms with Gasteiger partial charge >= 0.3 is 0 Å². The van der Waals surface area contributed by atoms with Crippen LogP contribution in [0.3, 0.4) is 0 Å². The van der Waals surface area contributed by atoms with Crippen molar-refractivity contribution in [3.05, 3.63) is 53.1 Å². The van der Waals surface area contributed by atoms with Gasteiger partial charge in [0.05, 0.1) is 6.10 Å². The Bertz CT molecular complexity index is 868. The van der Waals surface area contributed by atoms with Crippen molar-refractivity contribution >= 4 is 17.5 Å². The Balaban J connectivity index is 1.28. The van der Waals surface area contributed by atoms with Gasteiger partial charge in [-0.2, -0.15) is 0 Å². The van der Waals surface area contributed by atoms with Crippen LogP contribution in [0.25, 0.3) is 0 Å². The number of β-amino-alcohol motifs (C(OH)–C–C–N with tert-alkyl or cyclic N) is 1. The standard InChI is InChI=1S/C22H29N5O2/c23-20-10-17(11-21(26-20)25-18-6-3-7-18)22(29)24-12-19(28)14-27-9-8-15-4-1-2-5-16(15)13-27/h1-2,4-5,10-11,18-19,28H,3,6-9,12-14H2,(H,24,29)(H3,23,25,26). The number of pyridine rings is 1. The third-order valence-electron chi connectivity index (χ3n) is 5.74. The summed E-state index contributed by atoms with van der Waals surface area (Å²) >= 11 is 0. The maximum absolute atomic E-state index is 12.5. The summed E-state index contributed by atoms with van der Waals surface area (Å²) in [7, 11) is 0. The monoisotopic (exact) mass is 395 g/mol. The molecular weight excluding hydrogens is 366 g/mol. The Labute approximate surface area is 171 Å². The second-order valence-electron chi connectivity index (χ2n) is 8.06. The molecule has 0 radical (unpaired) electrons. The number of fused-ring (bicyclic) bond motifs is 1. The minimum absolute atomic E-state index is 0.199. The van der Waals surface area contributed by atoms with E-state index in [1.165, 1.54) is 17.5 Å². The molecule has 1 aliphatic carbocycles. The summed E-state index contributed by atoms with van der Waals surface area (Å²) in [6.07, 6.45) is 3.81. The summed E-state index contributed by atoms with van der Waals surface area (Å²) < 4.78 is 0. The molecule has 1 fully saturated rings. The van der Waals surface area contributed by atoms with E-state index in [0.717, 1.165) is 32.4 Å². The summed E-state index contributed by atoms with van der Waals surface area (Å²) in [5.74, 6) is 0.693. The smallest absolute Gasteiger partial charge is 0.251 e. The summed E-state index contributed by atoms with van der Waals surface area (Å²) in [5.41, 5.74) is 9.02. The van der Waals surface area contributed by atoms with Crippen molar-refractivity contribution in [2.45, 2.75) is 44.4 Å². The number of carbonyl (C=O) groups is 1. The Hall–Kier alpha value is -2.64. The number of nitrogens with one attached hydrogen (secondary N) is 2. The lowest BCUT2D eigenvalue weighted by molar-refractivity contribution is 0.0842. The van der Waals surface area contributed by atoms with Crippen molar-refractivity contribution in [3.8, 4) is 0 Å². The van der Waals surface area contributed by atoms with Crippen LogP contribution in [-0.2, 0) is 13.0 Å². The van der Waals surface area contributed by atoms with Crippen LogP contribution in [0.5, 0.6) is 0 Å². The Morgan fingerprint density at radius 3 is 2.83 bits per heavy atom. The van der Waals surface area contributed by atoms with Gasteiger partial charge in [0.25, 0.3) is 5.91 Å². The van der Waals surface area contributed by atoms with Gasteiger partial charge in [0.15, 0.2) is 0 Å². The normalized spacial score (nSPS) is 17.8. The maximum Gasteiger partial charge on any atom is 0.251 e. The molecule has 1 amide bonds. The maximum atomic E-state index is 12.5. The number of nitrogen functional groups attached to an aromatic ring is 1. The van der Waals surface area contributed by atoms with Crippen LogP contribution in [0.1, 0.15) is 40.7 Å². The number of carbonyl (C=O) groups excluding carboxylic acids is 1. The zero-order valence-electron chi connectivity index (χ0n) is 16.6. The fraction of sp³-hybridized carbons (Fsp3) is 0.455. The van der Waals surface area contributed by atoms with E-state index in [4.69, 9.17) is 5.73 Å². The highest BCUT2D eigenvalue weighted by Crippen LogP contribution is 2.23. The lowest BCUT2D eigenvalue weighted by atomic mass is 9.93. The number of benzene rings is 1. The van der Waals surface area contributed by atoms with Crippen molar-refractivity contribution < 1.29 is 9.90 Å². The molecule has 1 unspecified atom stereocenters. The predicted molar refractivity (Wildman–Crippen MR) is 114 cm³/mol. The second kappa shape index (κ2) is 8.80. The van der Waals surface area contributed by atoms with Crippen LogP contribution >= 0.6 is 0 Å². The SMILES string of the molecule is Nc1cc(C(=O)NCC(O)CN2CCc3ccccc3C2)cc(NC2CCC2)n1. The number of hydrogen-bond acceptors (Lipinski definition) is 6. The first-order chi connectivity index (χ1) is 14.1. The average molecular weight is 396 g/mol. The van der Waals surface area contributed by atoms with Gasteiger partial charge in [-0.15, -0.1) is 0 Å². The molecule has 2 aromatic rings. The lowest BCUT2D eigenvalue weighted by Crippen LogP contribution is -2.42. The zero-order valence-corrected chi connectivity index (χ0v) is 16.6. The molecule has 1 aromatic heterocycles. The number of aromatic nitrogens is 1. The molecule has 7 heteroatoms. The molecule has 0 spiro atoms. The molecule has 2 aliphatic rings. The van der Waals surface area contributed by atoms with Gasteiger partial charge in [-0.25, -0.2) is 4.98 Å². The van der Waals surface area contributed by atoms with Crippen molar-refractivity contribution in [2.24, 2.45) is 0 Å². The molecule has 1 aromatic carbocycles. The molecule has 29 heavy (non-hydrogen) atoms. The van der Waals surface area contributed by atoms with E-state index in [1.807, 2.05) is 6.07 Å². The largest absolute Gasteiger partial charge is 0.390 e. The molecule has 4 rings (SSSR count). The van der Waals surface area contributed by atoms with Gasteiger partial charge in [0.1, 0.15) is 11.6 Å². The minimum Gasteiger partial charge on any atom is -0.390 e. The number of nitrogens with zero attached hydrogens (tertiary/aromatic N) is 2. The second-order valence-corrected chi connectivity index (χ2v) is 8.06. The number of hydrogen-bond donors (Lipinski definition) is 4. The summed E-state index contributed by atoms with van der Waals surface area (Å²) in [5, 5.41) is 16.5. The number of anilines is 2. The van der Waals surface area contributed by atoms with Crippen LogP contribution in [-0.4, -0.2) is 52.7 Å². The predicted octanol–water partition coefficient (Wildman–Crippen LogP) is 1.78. The molecule has 7 nitrogen and oxygen atoms in total. The highest BCUT2D eigenvalue weighted by molar-refractivity contribution is 5.95. The molecular formula is C22H29N5O2. The Morgan fingerprint density at radius 2 is 2.07 bits per heavy atom. The topological polar surface area (TPSA) is 104 Å². The fourth-order valence-corrected chi connectivity index (χ4v) is 3.90. The van der Waals surface area contributed by atoms with Gasteiger partial charge in [-0.05, 0) is 48.9 Å². The van der Waals surface area contributed by atoms with Gasteiger partial charge < -0.3 is 21.5 Å². The molecule has 1 aliphatic heterocycles. The fourth-order valence-electron chi connectivity index (χ4n) is 3.90. The van der Waals surface area contributed by atoms with Crippen LogP contribution in [0.2, 0.25) is 0 Å². The van der Waals surface area contributed by atoms with Gasteiger partial charge in [0, 0.05) is 37.8 Å². The first-order valence-corrected chi connectivity index (χ1v) is 10.4. The molecule has 154 valence electrons. The van der Waals surface area contributed by atoms with Crippen molar-refractivity contribution in [2.75, 3.05) is 30.7 Å². The molecule has 0 saturated heterocycles. The van der Waals surface area contributed by atoms with E-state index in [1.54, 1.807) is 12.1 Å². The number of aliphatic hydroxyl groups is 1.